The van der Waals surface area contributed by atoms with E-state index in [-0.39, 0.29) is 39.2 Å². The van der Waals surface area contributed by atoms with Crippen molar-refractivity contribution < 1.29 is 51.9 Å². The monoisotopic (exact) mass is 608 g/mol. The van der Waals surface area contributed by atoms with Crippen LogP contribution in [0, 0.1) is 11.8 Å². The maximum Gasteiger partial charge on any atom is 0.336 e. The quantitative estimate of drug-likeness (QED) is 0.0929. The van der Waals surface area contributed by atoms with Gasteiger partial charge in [0.2, 0.25) is 5.91 Å². The second-order valence-corrected chi connectivity index (χ2v) is 10.6. The molecule has 43 heavy (non-hydrogen) atoms. The molecule has 0 aromatic heterocycles. The number of benzene rings is 3. The molecule has 0 bridgehead atoms. The van der Waals surface area contributed by atoms with Crippen molar-refractivity contribution in [2.75, 3.05) is 13.1 Å². The van der Waals surface area contributed by atoms with Crippen LogP contribution in [0.15, 0.2) is 63.8 Å². The van der Waals surface area contributed by atoms with E-state index in [1.165, 1.54) is 54.6 Å². The van der Waals surface area contributed by atoms with Crippen LogP contribution >= 0.6 is 0 Å². The lowest BCUT2D eigenvalue weighted by Crippen LogP contribution is -2.47. The van der Waals surface area contributed by atoms with Gasteiger partial charge >= 0.3 is 11.9 Å². The Hall–Kier alpha value is -5.72. The van der Waals surface area contributed by atoms with Gasteiger partial charge in [-0.15, -0.1) is 0 Å². The molecule has 14 nitrogen and oxygen atoms in total. The first-order valence-corrected chi connectivity index (χ1v) is 13.6. The molecule has 2 aliphatic rings. The number of carboxylic acids is 2. The van der Waals surface area contributed by atoms with Gasteiger partial charge in [0.05, 0.1) is 5.56 Å². The number of rotatable bonds is 8. The molecule has 220 valence electrons. The van der Waals surface area contributed by atoms with Crippen LogP contribution in [0.1, 0.15) is 15.9 Å². The Morgan fingerprint density at radius 3 is 2.33 bits per heavy atom. The first-order chi connectivity index (χ1) is 20.2. The molecule has 0 spiro atoms. The fraction of sp³-hybridized carbons (Fsp3) is 0.107. The number of fused-ring (bicyclic) bond motifs is 2. The molecule has 0 saturated carbocycles. The molecule has 1 aliphatic heterocycles. The van der Waals surface area contributed by atoms with E-state index in [1.54, 1.807) is 5.32 Å². The lowest BCUT2D eigenvalue weighted by molar-refractivity contribution is -0.138. The van der Waals surface area contributed by atoms with Crippen LogP contribution in [0.2, 0.25) is 0 Å². The fourth-order valence-corrected chi connectivity index (χ4v) is 4.78. The summed E-state index contributed by atoms with van der Waals surface area (Å²) >= 11 is 0. The van der Waals surface area contributed by atoms with Crippen molar-refractivity contribution in [3.63, 3.8) is 0 Å². The van der Waals surface area contributed by atoms with Crippen LogP contribution in [-0.2, 0) is 24.5 Å². The van der Waals surface area contributed by atoms with E-state index in [2.05, 4.69) is 11.8 Å². The fourth-order valence-electron chi connectivity index (χ4n) is 4.13. The van der Waals surface area contributed by atoms with Crippen molar-refractivity contribution in [2.24, 2.45) is 0 Å². The molecule has 1 unspecified atom stereocenters. The van der Waals surface area contributed by atoms with E-state index < -0.39 is 52.2 Å². The van der Waals surface area contributed by atoms with Gasteiger partial charge in [-0.05, 0) is 42.0 Å². The first kappa shape index (κ1) is 30.2. The van der Waals surface area contributed by atoms with E-state index in [4.69, 9.17) is 9.52 Å². The lowest BCUT2D eigenvalue weighted by atomic mass is 9.90. The van der Waals surface area contributed by atoms with Crippen molar-refractivity contribution in [1.82, 2.24) is 10.6 Å². The smallest absolute Gasteiger partial charge is 0.336 e. The summed E-state index contributed by atoms with van der Waals surface area (Å²) in [5.74, 6) is -0.695. The molecular formula is C28H20N2O12S. The van der Waals surface area contributed by atoms with E-state index in [0.29, 0.717) is 16.5 Å². The average Bonchev–Trinajstić information content (AvgIpc) is 2.92. The number of hydrogen-bond acceptors (Lipinski definition) is 9. The Balaban J connectivity index is 1.67. The normalized spacial score (nSPS) is 11.7. The summed E-state index contributed by atoms with van der Waals surface area (Å²) in [7, 11) is -5.03. The van der Waals surface area contributed by atoms with Gasteiger partial charge in [-0.1, -0.05) is 12.0 Å². The van der Waals surface area contributed by atoms with Gasteiger partial charge in [0, 0.05) is 46.7 Å². The number of amides is 2. The largest absolute Gasteiger partial charge is 0.508 e. The molecule has 2 amide bonds. The third-order valence-corrected chi connectivity index (χ3v) is 7.13. The number of hydrogen-bond donors (Lipinski definition) is 6. The molecular weight excluding hydrogens is 588 g/mol. The van der Waals surface area contributed by atoms with Crippen LogP contribution in [0.5, 0.6) is 5.75 Å². The number of carboxylic acid groups (broad SMARTS) is 2. The third kappa shape index (κ3) is 6.96. The zero-order valence-corrected chi connectivity index (χ0v) is 22.5. The zero-order chi connectivity index (χ0) is 31.5. The average molecular weight is 609 g/mol. The number of nitrogens with one attached hydrogen (secondary N) is 2. The van der Waals surface area contributed by atoms with Crippen LogP contribution in [0.25, 0.3) is 33.4 Å². The maximum atomic E-state index is 12.3. The Morgan fingerprint density at radius 2 is 1.65 bits per heavy atom. The number of aliphatic carboxylic acids is 1. The van der Waals surface area contributed by atoms with Crippen molar-refractivity contribution in [2.45, 2.75) is 5.25 Å². The highest BCUT2D eigenvalue weighted by molar-refractivity contribution is 7.87. The van der Waals surface area contributed by atoms with Crippen molar-refractivity contribution >= 4 is 44.8 Å². The Bertz CT molecular complexity index is 2000. The molecule has 1 heterocycles. The molecule has 0 radical (unpaired) electrons. The number of phenols is 1. The SMILES string of the molecule is O=C(O)CNC(=O)C(CNC(=O)C#Cc1ccc(-c2c3ccc(=O)cc-3oc3cc(O)ccc23)c(C(=O)O)c1)S(=O)(=O)O. The lowest BCUT2D eigenvalue weighted by Gasteiger charge is -2.17. The minimum absolute atomic E-state index is 0.0653. The van der Waals surface area contributed by atoms with Crippen molar-refractivity contribution in [1.29, 1.82) is 0 Å². The van der Waals surface area contributed by atoms with Gasteiger partial charge in [0.1, 0.15) is 23.6 Å². The Morgan fingerprint density at radius 1 is 0.930 bits per heavy atom. The molecule has 0 saturated heterocycles. The Kier molecular flexibility index (Phi) is 8.46. The zero-order valence-electron chi connectivity index (χ0n) is 21.7. The Labute approximate surface area is 241 Å². The highest BCUT2D eigenvalue weighted by Crippen LogP contribution is 2.42. The third-order valence-electron chi connectivity index (χ3n) is 6.03. The van der Waals surface area contributed by atoms with E-state index in [0.717, 1.165) is 0 Å². The van der Waals surface area contributed by atoms with E-state index in [9.17, 15) is 47.2 Å². The molecule has 6 N–H and O–H groups in total. The van der Waals surface area contributed by atoms with Gasteiger partial charge < -0.3 is 30.4 Å². The number of aromatic carboxylic acids is 1. The molecule has 4 rings (SSSR count). The summed E-state index contributed by atoms with van der Waals surface area (Å²) in [6, 6.07) is 12.2. The molecule has 1 atom stereocenters. The van der Waals surface area contributed by atoms with Crippen LogP contribution in [0.4, 0.5) is 0 Å². The van der Waals surface area contributed by atoms with Crippen LogP contribution < -0.4 is 16.1 Å². The van der Waals surface area contributed by atoms with Gasteiger partial charge in [-0.2, -0.15) is 8.42 Å². The second-order valence-electron chi connectivity index (χ2n) is 8.96. The summed E-state index contributed by atoms with van der Waals surface area (Å²) < 4.78 is 38.1. The van der Waals surface area contributed by atoms with Gasteiger partial charge in [-0.25, -0.2) is 4.79 Å². The molecule has 0 fully saturated rings. The number of carbonyl (C=O) groups is 4. The van der Waals surface area contributed by atoms with Crippen LogP contribution in [-0.4, -0.2) is 70.4 Å². The topological polar surface area (TPSA) is 238 Å². The minimum atomic E-state index is -5.03. The maximum absolute atomic E-state index is 12.3. The van der Waals surface area contributed by atoms with Gasteiger partial charge in [0.15, 0.2) is 10.7 Å². The number of phenolic OH excluding ortho intramolecular Hbond substituents is 1. The summed E-state index contributed by atoms with van der Waals surface area (Å²) in [5, 5.41) is 30.6. The van der Waals surface area contributed by atoms with Crippen molar-refractivity contribution in [3.05, 3.63) is 75.9 Å². The van der Waals surface area contributed by atoms with E-state index >= 15 is 0 Å². The molecule has 15 heteroatoms. The van der Waals surface area contributed by atoms with Gasteiger partial charge in [-0.3, -0.25) is 23.7 Å². The first-order valence-electron chi connectivity index (χ1n) is 12.1. The van der Waals surface area contributed by atoms with Gasteiger partial charge in [0.25, 0.3) is 16.0 Å². The highest BCUT2D eigenvalue weighted by atomic mass is 32.2. The predicted molar refractivity (Wildman–Crippen MR) is 149 cm³/mol. The summed E-state index contributed by atoms with van der Waals surface area (Å²) in [6.45, 7) is -1.86. The minimum Gasteiger partial charge on any atom is -0.508 e. The summed E-state index contributed by atoms with van der Waals surface area (Å²) in [5.41, 5.74) is 0.679. The molecule has 2 aromatic rings. The highest BCUT2D eigenvalue weighted by Gasteiger charge is 2.31. The van der Waals surface area contributed by atoms with Crippen molar-refractivity contribution in [3.8, 4) is 40.0 Å². The van der Waals surface area contributed by atoms with E-state index in [1.807, 2.05) is 5.32 Å². The van der Waals surface area contributed by atoms with Crippen LogP contribution in [0.3, 0.4) is 0 Å². The molecule has 1 aliphatic carbocycles. The standard InChI is InChI=1S/C28H20N2O12S/c31-15-3-6-18-21(10-15)42-22-11-16(32)4-7-19(22)26(18)17-5-1-14(9-20(17)28(37)38)2-8-24(33)29-12-23(43(39,40)41)27(36)30-13-25(34)35/h1,3-7,9-11,23,31H,12-13H2,(H,29,33)(H,30,36)(H,34,35)(H,37,38)(H,39,40,41). The number of aromatic hydroxyl groups is 1. The molecule has 2 aromatic carbocycles. The summed E-state index contributed by atoms with van der Waals surface area (Å²) in [4.78, 5) is 59.0. The summed E-state index contributed by atoms with van der Waals surface area (Å²) in [6.07, 6.45) is 0. The second kappa shape index (κ2) is 12.0. The predicted octanol–water partition coefficient (Wildman–Crippen LogP) is 0.894. The number of carbonyl (C=O) groups excluding carboxylic acids is 2.